The molecule has 58 valence electrons. The first kappa shape index (κ1) is 12.4. The molecule has 0 bridgehead atoms. The first-order valence-corrected chi connectivity index (χ1v) is 3.49. The molecule has 0 aliphatic rings. The van der Waals surface area contributed by atoms with E-state index in [9.17, 15) is 13.0 Å². The van der Waals surface area contributed by atoms with Crippen molar-refractivity contribution < 1.29 is 34.2 Å². The number of hydrogen-bond donors (Lipinski definition) is 1. The average molecular weight is 237 g/mol. The van der Waals surface area contributed by atoms with Crippen molar-refractivity contribution in [1.29, 1.82) is 0 Å². The van der Waals surface area contributed by atoms with E-state index >= 15 is 0 Å². The van der Waals surface area contributed by atoms with Crippen molar-refractivity contribution in [2.45, 2.75) is 0 Å². The van der Waals surface area contributed by atoms with E-state index in [1.807, 2.05) is 0 Å². The summed E-state index contributed by atoms with van der Waals surface area (Å²) >= 11 is 7.23. The Labute approximate surface area is 73.8 Å². The van der Waals surface area contributed by atoms with Crippen LogP contribution in [-0.2, 0) is 31.7 Å². The van der Waals surface area contributed by atoms with Crippen LogP contribution in [0.5, 0.6) is 0 Å². The van der Waals surface area contributed by atoms with Crippen molar-refractivity contribution in [2.75, 3.05) is 0 Å². The van der Waals surface area contributed by atoms with Gasteiger partial charge in [0.2, 0.25) is 4.38 Å². The number of thiocarbonyl (C=S) groups is 1. The van der Waals surface area contributed by atoms with E-state index in [2.05, 4.69) is 29.0 Å². The third kappa shape index (κ3) is 12.0. The van der Waals surface area contributed by atoms with Gasteiger partial charge >= 0.3 is 17.1 Å². The fraction of sp³-hybridized carbons (Fsp3) is 0. The van der Waals surface area contributed by atoms with Crippen LogP contribution >= 0.6 is 24.8 Å². The summed E-state index contributed by atoms with van der Waals surface area (Å²) in [6, 6.07) is 0. The van der Waals surface area contributed by atoms with Crippen LogP contribution in [0, 0.1) is 0 Å². The van der Waals surface area contributed by atoms with Crippen LogP contribution in [0.3, 0.4) is 0 Å². The zero-order chi connectivity index (χ0) is 6.78. The molecule has 0 aromatic rings. The maximum absolute atomic E-state index is 9.53. The van der Waals surface area contributed by atoms with Gasteiger partial charge in [0.1, 0.15) is 0 Å². The second-order valence-electron chi connectivity index (χ2n) is 0.757. The van der Waals surface area contributed by atoms with Crippen molar-refractivity contribution in [1.82, 2.24) is 0 Å². The maximum atomic E-state index is 9.53. The Morgan fingerprint density at radius 1 is 1.67 bits per heavy atom. The summed E-state index contributed by atoms with van der Waals surface area (Å²) in [5, 5.41) is 0. The molecule has 0 saturated heterocycles. The molecule has 4 nitrogen and oxygen atoms in total. The summed E-state index contributed by atoms with van der Waals surface area (Å²) in [7, 11) is -4.69. The van der Waals surface area contributed by atoms with Crippen LogP contribution in [0.25, 0.3) is 0 Å². The van der Waals surface area contributed by atoms with E-state index in [0.717, 1.165) is 0 Å². The summed E-state index contributed by atoms with van der Waals surface area (Å²) in [5.74, 6) is 0. The second kappa shape index (κ2) is 4.48. The van der Waals surface area contributed by atoms with Gasteiger partial charge in [-0.1, -0.05) is 12.6 Å². The van der Waals surface area contributed by atoms with Gasteiger partial charge in [0, 0.05) is 0 Å². The molecule has 8 heteroatoms. The van der Waals surface area contributed by atoms with Gasteiger partial charge in [-0.25, -0.2) is 8.42 Å². The van der Waals surface area contributed by atoms with Crippen LogP contribution < -0.4 is 0 Å². The van der Waals surface area contributed by atoms with Gasteiger partial charge in [-0.05, 0) is 12.2 Å². The van der Waals surface area contributed by atoms with Crippen LogP contribution in [0.1, 0.15) is 0 Å². The Morgan fingerprint density at radius 2 is 2.00 bits per heavy atom. The summed E-state index contributed by atoms with van der Waals surface area (Å²) in [5.41, 5.74) is 0. The minimum Gasteiger partial charge on any atom is -0.716 e. The quantitative estimate of drug-likeness (QED) is 0.222. The van der Waals surface area contributed by atoms with Crippen molar-refractivity contribution in [2.24, 2.45) is 0 Å². The molecule has 0 saturated carbocycles. The summed E-state index contributed by atoms with van der Waals surface area (Å²) in [6.07, 6.45) is 0. The van der Waals surface area contributed by atoms with E-state index < -0.39 is 14.8 Å². The molecular formula is CHCuO4S3. The van der Waals surface area contributed by atoms with E-state index in [4.69, 9.17) is 0 Å². The van der Waals surface area contributed by atoms with Crippen LogP contribution in [0.2, 0.25) is 0 Å². The van der Waals surface area contributed by atoms with E-state index in [1.165, 1.54) is 0 Å². The molecule has 0 N–H and O–H groups in total. The van der Waals surface area contributed by atoms with Gasteiger partial charge in [-0.15, -0.1) is 0 Å². The van der Waals surface area contributed by atoms with Crippen molar-refractivity contribution in [3.63, 3.8) is 0 Å². The minimum absolute atomic E-state index is 0. The molecule has 0 amide bonds. The molecule has 0 heterocycles. The van der Waals surface area contributed by atoms with Crippen LogP contribution in [0.15, 0.2) is 0 Å². The van der Waals surface area contributed by atoms with Gasteiger partial charge in [0.05, 0.1) is 0 Å². The van der Waals surface area contributed by atoms with Gasteiger partial charge < -0.3 is 8.74 Å². The predicted octanol–water partition coefficient (Wildman–Crippen LogP) is -0.325. The van der Waals surface area contributed by atoms with Crippen molar-refractivity contribution >= 4 is 39.6 Å². The molecule has 0 unspecified atom stereocenters. The number of hydrogen-bond acceptors (Lipinski definition) is 5. The Hall–Kier alpha value is 0.669. The third-order valence-corrected chi connectivity index (χ3v) is 0.948. The van der Waals surface area contributed by atoms with Gasteiger partial charge in [0.25, 0.3) is 10.4 Å². The van der Waals surface area contributed by atoms with Gasteiger partial charge in [-0.2, -0.15) is 0 Å². The molecule has 0 aliphatic heterocycles. The first-order chi connectivity index (χ1) is 3.42. The zero-order valence-corrected chi connectivity index (χ0v) is 7.17. The van der Waals surface area contributed by atoms with Gasteiger partial charge in [-0.3, -0.25) is 0 Å². The smallest absolute Gasteiger partial charge is 0.716 e. The average Bonchev–Trinajstić information content (AvgIpc) is 1.21. The normalized spacial score (nSPS) is 9.56. The molecule has 0 aliphatic carbocycles. The largest absolute Gasteiger partial charge is 1.00 e. The Balaban J connectivity index is 0. The van der Waals surface area contributed by atoms with E-state index in [-0.39, 0.29) is 17.1 Å². The maximum Gasteiger partial charge on any atom is 1.00 e. The molecule has 0 rings (SSSR count). The molecule has 9 heavy (non-hydrogen) atoms. The third-order valence-electron chi connectivity index (χ3n) is 0.173. The number of rotatable bonds is 1. The van der Waals surface area contributed by atoms with Gasteiger partial charge in [0.15, 0.2) is 0 Å². The monoisotopic (exact) mass is 236 g/mol. The molecule has 0 radical (unpaired) electrons. The number of thiol groups is 1. The Kier molecular flexibility index (Phi) is 6.15. The zero-order valence-electron chi connectivity index (χ0n) is 3.70. The summed E-state index contributed by atoms with van der Waals surface area (Å²) in [6.45, 7) is 0. The summed E-state index contributed by atoms with van der Waals surface area (Å²) < 4.78 is 31.4. The fourth-order valence-corrected chi connectivity index (χ4v) is 0.786. The molecular weight excluding hydrogens is 236 g/mol. The predicted molar refractivity (Wildman–Crippen MR) is 32.4 cm³/mol. The van der Waals surface area contributed by atoms with Crippen molar-refractivity contribution in [3.8, 4) is 0 Å². The van der Waals surface area contributed by atoms with E-state index in [1.54, 1.807) is 0 Å². The second-order valence-corrected chi connectivity index (χ2v) is 2.82. The van der Waals surface area contributed by atoms with E-state index in [0.29, 0.717) is 0 Å². The molecule has 0 spiro atoms. The molecule has 0 aromatic heterocycles. The van der Waals surface area contributed by atoms with Crippen molar-refractivity contribution in [3.05, 3.63) is 0 Å². The minimum atomic E-state index is -4.69. The standard InChI is InChI=1S/CH2O4S3.Cu/c2-8(3,4)5-1(6)7;/h(H,6,7)(H,2,3,4);/q;+1/p-1. The van der Waals surface area contributed by atoms with Crippen LogP contribution in [0.4, 0.5) is 0 Å². The molecule has 0 aromatic carbocycles. The topological polar surface area (TPSA) is 66.4 Å². The Bertz CT molecular complexity index is 182. The first-order valence-electron chi connectivity index (χ1n) is 1.30. The Morgan fingerprint density at radius 3 is 2.00 bits per heavy atom. The summed E-state index contributed by atoms with van der Waals surface area (Å²) in [4.78, 5) is 0. The molecule has 0 atom stereocenters. The SMILES string of the molecule is O=S(=O)([O-])OC(=S)S.[Cu+]. The molecule has 0 fully saturated rings. The fourth-order valence-electron chi connectivity index (χ4n) is 0.0873. The van der Waals surface area contributed by atoms with Crippen LogP contribution in [-0.4, -0.2) is 17.4 Å².